The number of hydrogen-bond acceptors (Lipinski definition) is 4. The maximum atomic E-state index is 12.4. The summed E-state index contributed by atoms with van der Waals surface area (Å²) in [6.07, 6.45) is -1.97. The van der Waals surface area contributed by atoms with E-state index in [4.69, 9.17) is 4.74 Å². The molecule has 0 spiro atoms. The largest absolute Gasteiger partial charge is 0.465 e. The Morgan fingerprint density at radius 1 is 1.35 bits per heavy atom. The van der Waals surface area contributed by atoms with E-state index in [1.807, 2.05) is 20.8 Å². The Bertz CT molecular complexity index is 301. The van der Waals surface area contributed by atoms with Gasteiger partial charge in [0.2, 0.25) is 0 Å². The molecule has 0 saturated carbocycles. The van der Waals surface area contributed by atoms with Gasteiger partial charge in [0, 0.05) is 12.1 Å². The summed E-state index contributed by atoms with van der Waals surface area (Å²) in [5.74, 6) is -0.342. The molecule has 0 bridgehead atoms. The van der Waals surface area contributed by atoms with Gasteiger partial charge in [-0.15, -0.1) is 0 Å². The summed E-state index contributed by atoms with van der Waals surface area (Å²) >= 11 is 0. The van der Waals surface area contributed by atoms with Gasteiger partial charge in [0.1, 0.15) is 5.54 Å². The summed E-state index contributed by atoms with van der Waals surface area (Å²) in [6.45, 7) is 9.22. The molecule has 0 heterocycles. The van der Waals surface area contributed by atoms with Crippen molar-refractivity contribution in [2.45, 2.75) is 65.1 Å². The van der Waals surface area contributed by atoms with Gasteiger partial charge in [-0.25, -0.2) is 8.78 Å². The number of alkyl halides is 2. The number of rotatable bonds is 9. The summed E-state index contributed by atoms with van der Waals surface area (Å²) in [6, 6.07) is -0.0679. The van der Waals surface area contributed by atoms with Gasteiger partial charge in [-0.05, 0) is 48.1 Å². The number of nitrogens with zero attached hydrogens (tertiary/aromatic N) is 1. The lowest BCUT2D eigenvalue weighted by Gasteiger charge is -2.35. The molecule has 2 unspecified atom stereocenters. The van der Waals surface area contributed by atoms with E-state index in [1.165, 1.54) is 0 Å². The third-order valence-electron chi connectivity index (χ3n) is 3.22. The van der Waals surface area contributed by atoms with Gasteiger partial charge in [0.25, 0.3) is 6.43 Å². The molecule has 6 heteroatoms. The second kappa shape index (κ2) is 8.52. The Balaban J connectivity index is 4.83. The fourth-order valence-electron chi connectivity index (χ4n) is 2.27. The van der Waals surface area contributed by atoms with E-state index >= 15 is 0 Å². The number of halogens is 2. The lowest BCUT2D eigenvalue weighted by molar-refractivity contribution is -0.151. The Kier molecular flexibility index (Phi) is 8.20. The fourth-order valence-corrected chi connectivity index (χ4v) is 2.27. The first kappa shape index (κ1) is 19.2. The highest BCUT2D eigenvalue weighted by atomic mass is 19.3. The van der Waals surface area contributed by atoms with Crippen LogP contribution in [0, 0.1) is 0 Å². The van der Waals surface area contributed by atoms with Crippen molar-refractivity contribution in [3.05, 3.63) is 0 Å². The average Bonchev–Trinajstić information content (AvgIpc) is 2.26. The molecule has 2 atom stereocenters. The molecule has 0 aromatic carbocycles. The molecule has 0 aliphatic carbocycles. The normalized spacial score (nSPS) is 16.6. The summed E-state index contributed by atoms with van der Waals surface area (Å²) in [4.78, 5) is 13.7. The third kappa shape index (κ3) is 6.61. The molecule has 0 aromatic heterocycles. The number of esters is 1. The van der Waals surface area contributed by atoms with Crippen LogP contribution in [-0.2, 0) is 9.53 Å². The third-order valence-corrected chi connectivity index (χ3v) is 3.22. The molecule has 0 amide bonds. The monoisotopic (exact) mass is 294 g/mol. The Morgan fingerprint density at radius 3 is 2.30 bits per heavy atom. The molecule has 0 aliphatic rings. The minimum Gasteiger partial charge on any atom is -0.465 e. The van der Waals surface area contributed by atoms with Crippen LogP contribution in [0.15, 0.2) is 0 Å². The number of carbonyl (C=O) groups is 1. The van der Waals surface area contributed by atoms with E-state index < -0.39 is 12.0 Å². The molecule has 1 N–H and O–H groups in total. The standard InChI is InChI=1S/C14H28F2N2O2/c1-7-20-13(19)14(5,17-10(2)3)8-11(4)18(6)9-12(15)16/h10-12,17H,7-9H2,1-6H3. The predicted octanol–water partition coefficient (Wildman–Crippen LogP) is 2.28. The summed E-state index contributed by atoms with van der Waals surface area (Å²) in [5, 5.41) is 3.19. The van der Waals surface area contributed by atoms with E-state index in [2.05, 4.69) is 5.32 Å². The van der Waals surface area contributed by atoms with Gasteiger partial charge in [0.05, 0.1) is 13.2 Å². The Hall–Kier alpha value is -0.750. The van der Waals surface area contributed by atoms with Crippen molar-refractivity contribution in [1.29, 1.82) is 0 Å². The highest BCUT2D eigenvalue weighted by Crippen LogP contribution is 2.19. The first-order chi connectivity index (χ1) is 9.12. The summed E-state index contributed by atoms with van der Waals surface area (Å²) in [5.41, 5.74) is -0.875. The fraction of sp³-hybridized carbons (Fsp3) is 0.929. The Labute approximate surface area is 120 Å². The van der Waals surface area contributed by atoms with Gasteiger partial charge in [-0.2, -0.15) is 0 Å². The maximum Gasteiger partial charge on any atom is 0.326 e. The van der Waals surface area contributed by atoms with Crippen LogP contribution in [0.4, 0.5) is 8.78 Å². The first-order valence-electron chi connectivity index (χ1n) is 7.05. The topological polar surface area (TPSA) is 41.6 Å². The van der Waals surface area contributed by atoms with Crippen LogP contribution in [0.1, 0.15) is 41.0 Å². The zero-order chi connectivity index (χ0) is 15.9. The number of hydrogen-bond donors (Lipinski definition) is 1. The molecule has 0 rings (SSSR count). The van der Waals surface area contributed by atoms with Gasteiger partial charge in [-0.3, -0.25) is 15.0 Å². The highest BCUT2D eigenvalue weighted by Gasteiger charge is 2.37. The van der Waals surface area contributed by atoms with Crippen LogP contribution in [0.2, 0.25) is 0 Å². The van der Waals surface area contributed by atoms with Crippen molar-refractivity contribution >= 4 is 5.97 Å². The van der Waals surface area contributed by atoms with Crippen LogP contribution in [0.25, 0.3) is 0 Å². The first-order valence-corrected chi connectivity index (χ1v) is 7.05. The van der Waals surface area contributed by atoms with Crippen LogP contribution in [0.5, 0.6) is 0 Å². The molecule has 0 aromatic rings. The summed E-state index contributed by atoms with van der Waals surface area (Å²) in [7, 11) is 1.64. The minimum atomic E-state index is -2.38. The quantitative estimate of drug-likeness (QED) is 0.663. The maximum absolute atomic E-state index is 12.4. The second-order valence-corrected chi connectivity index (χ2v) is 5.74. The number of ether oxygens (including phenoxy) is 1. The van der Waals surface area contributed by atoms with Crippen LogP contribution in [0.3, 0.4) is 0 Å². The molecular weight excluding hydrogens is 266 g/mol. The van der Waals surface area contributed by atoms with Crippen molar-refractivity contribution in [3.63, 3.8) is 0 Å². The van der Waals surface area contributed by atoms with Gasteiger partial charge >= 0.3 is 5.97 Å². The molecular formula is C14H28F2N2O2. The smallest absolute Gasteiger partial charge is 0.326 e. The molecule has 0 aliphatic heterocycles. The zero-order valence-electron chi connectivity index (χ0n) is 13.4. The van der Waals surface area contributed by atoms with Crippen molar-refractivity contribution in [3.8, 4) is 0 Å². The van der Waals surface area contributed by atoms with E-state index in [-0.39, 0.29) is 24.6 Å². The lowest BCUT2D eigenvalue weighted by Crippen LogP contribution is -2.56. The molecule has 0 fully saturated rings. The molecule has 0 saturated heterocycles. The van der Waals surface area contributed by atoms with Crippen molar-refractivity contribution in [2.75, 3.05) is 20.2 Å². The predicted molar refractivity (Wildman–Crippen MR) is 76.0 cm³/mol. The SMILES string of the molecule is CCOC(=O)C(C)(CC(C)N(C)CC(F)F)NC(C)C. The van der Waals surface area contributed by atoms with Crippen molar-refractivity contribution in [2.24, 2.45) is 0 Å². The van der Waals surface area contributed by atoms with E-state index in [1.54, 1.807) is 25.8 Å². The lowest BCUT2D eigenvalue weighted by atomic mass is 9.92. The van der Waals surface area contributed by atoms with Crippen molar-refractivity contribution in [1.82, 2.24) is 10.2 Å². The molecule has 4 nitrogen and oxygen atoms in total. The van der Waals surface area contributed by atoms with Crippen LogP contribution in [-0.4, -0.2) is 55.1 Å². The average molecular weight is 294 g/mol. The summed E-state index contributed by atoms with van der Waals surface area (Å²) < 4.78 is 29.9. The number of carbonyl (C=O) groups excluding carboxylic acids is 1. The van der Waals surface area contributed by atoms with Gasteiger partial charge in [0.15, 0.2) is 0 Å². The van der Waals surface area contributed by atoms with E-state index in [0.29, 0.717) is 13.0 Å². The van der Waals surface area contributed by atoms with Crippen LogP contribution >= 0.6 is 0 Å². The second-order valence-electron chi connectivity index (χ2n) is 5.74. The zero-order valence-corrected chi connectivity index (χ0v) is 13.4. The van der Waals surface area contributed by atoms with Crippen molar-refractivity contribution < 1.29 is 18.3 Å². The minimum absolute atomic E-state index is 0.0945. The van der Waals surface area contributed by atoms with E-state index in [9.17, 15) is 13.6 Å². The van der Waals surface area contributed by atoms with Gasteiger partial charge < -0.3 is 4.74 Å². The Morgan fingerprint density at radius 2 is 1.90 bits per heavy atom. The molecule has 120 valence electrons. The number of nitrogens with one attached hydrogen (secondary N) is 1. The van der Waals surface area contributed by atoms with Crippen LogP contribution < -0.4 is 5.32 Å². The highest BCUT2D eigenvalue weighted by molar-refractivity contribution is 5.80. The van der Waals surface area contributed by atoms with Gasteiger partial charge in [-0.1, -0.05) is 0 Å². The molecule has 0 radical (unpaired) electrons. The van der Waals surface area contributed by atoms with E-state index in [0.717, 1.165) is 0 Å². The molecule has 20 heavy (non-hydrogen) atoms.